The first kappa shape index (κ1) is 13.4. The van der Waals surface area contributed by atoms with Gasteiger partial charge < -0.3 is 14.6 Å². The van der Waals surface area contributed by atoms with E-state index in [1.54, 1.807) is 18.4 Å². The Morgan fingerprint density at radius 2 is 2.33 bits per heavy atom. The number of aromatic nitrogens is 2. The zero-order chi connectivity index (χ0) is 13.0. The summed E-state index contributed by atoms with van der Waals surface area (Å²) in [6.07, 6.45) is 2.02. The van der Waals surface area contributed by atoms with Gasteiger partial charge in [0.25, 0.3) is 0 Å². The van der Waals surface area contributed by atoms with Crippen LogP contribution in [0.5, 0.6) is 0 Å². The van der Waals surface area contributed by atoms with Gasteiger partial charge in [-0.3, -0.25) is 0 Å². The number of hydrogen-bond donors (Lipinski definition) is 1. The standard InChI is InChI=1S/C12H16ClN3OS/c1-9-8-16(5-6-17-2)12(15-9)14-7-10-3-4-11(13)18-10/h3-4,8H,5-7H2,1-2H3,(H,14,15). The van der Waals surface area contributed by atoms with E-state index in [0.717, 1.165) is 29.1 Å². The molecule has 0 fully saturated rings. The van der Waals surface area contributed by atoms with Crippen LogP contribution in [0.1, 0.15) is 10.6 Å². The maximum atomic E-state index is 5.90. The van der Waals surface area contributed by atoms with Crippen molar-refractivity contribution in [3.05, 3.63) is 33.2 Å². The van der Waals surface area contributed by atoms with Crippen molar-refractivity contribution in [2.45, 2.75) is 20.0 Å². The van der Waals surface area contributed by atoms with Crippen LogP contribution >= 0.6 is 22.9 Å². The molecule has 18 heavy (non-hydrogen) atoms. The molecule has 0 aliphatic heterocycles. The molecule has 0 radical (unpaired) electrons. The first-order chi connectivity index (χ1) is 8.69. The van der Waals surface area contributed by atoms with Crippen molar-refractivity contribution in [1.82, 2.24) is 9.55 Å². The van der Waals surface area contributed by atoms with Gasteiger partial charge in [0.15, 0.2) is 0 Å². The Hall–Kier alpha value is -1.04. The number of anilines is 1. The Morgan fingerprint density at radius 1 is 1.50 bits per heavy atom. The predicted octanol–water partition coefficient (Wildman–Crippen LogP) is 3.16. The summed E-state index contributed by atoms with van der Waals surface area (Å²) in [5, 5.41) is 3.32. The number of hydrogen-bond acceptors (Lipinski definition) is 4. The molecule has 0 saturated heterocycles. The second-order valence-electron chi connectivity index (χ2n) is 3.95. The molecule has 0 aliphatic rings. The summed E-state index contributed by atoms with van der Waals surface area (Å²) in [4.78, 5) is 5.65. The molecule has 2 heterocycles. The third-order valence-electron chi connectivity index (χ3n) is 2.48. The van der Waals surface area contributed by atoms with Gasteiger partial charge in [-0.25, -0.2) is 4.98 Å². The quantitative estimate of drug-likeness (QED) is 0.886. The van der Waals surface area contributed by atoms with E-state index in [-0.39, 0.29) is 0 Å². The maximum absolute atomic E-state index is 5.90. The Morgan fingerprint density at radius 3 is 3.00 bits per heavy atom. The molecule has 0 atom stereocenters. The third-order valence-corrected chi connectivity index (χ3v) is 3.71. The SMILES string of the molecule is COCCn1cc(C)nc1NCc1ccc(Cl)s1. The zero-order valence-corrected chi connectivity index (χ0v) is 12.0. The first-order valence-corrected chi connectivity index (χ1v) is 6.89. The van der Waals surface area contributed by atoms with E-state index in [4.69, 9.17) is 16.3 Å². The monoisotopic (exact) mass is 285 g/mol. The average molecular weight is 286 g/mol. The fourth-order valence-electron chi connectivity index (χ4n) is 1.66. The lowest BCUT2D eigenvalue weighted by Gasteiger charge is -2.08. The van der Waals surface area contributed by atoms with Crippen LogP contribution in [0.15, 0.2) is 18.3 Å². The van der Waals surface area contributed by atoms with Gasteiger partial charge >= 0.3 is 0 Å². The second-order valence-corrected chi connectivity index (χ2v) is 5.75. The lowest BCUT2D eigenvalue weighted by Crippen LogP contribution is -2.09. The number of methoxy groups -OCH3 is 1. The number of nitrogens with one attached hydrogen (secondary N) is 1. The average Bonchev–Trinajstić information content (AvgIpc) is 2.90. The van der Waals surface area contributed by atoms with Crippen molar-refractivity contribution in [3.8, 4) is 0 Å². The van der Waals surface area contributed by atoms with Crippen molar-refractivity contribution in [2.24, 2.45) is 0 Å². The third kappa shape index (κ3) is 3.48. The Kier molecular flexibility index (Phi) is 4.63. The summed E-state index contributed by atoms with van der Waals surface area (Å²) in [6, 6.07) is 3.93. The van der Waals surface area contributed by atoms with Crippen LogP contribution in [-0.2, 0) is 17.8 Å². The minimum absolute atomic E-state index is 0.676. The van der Waals surface area contributed by atoms with Crippen LogP contribution in [0.3, 0.4) is 0 Å². The Balaban J connectivity index is 1.99. The van der Waals surface area contributed by atoms with Gasteiger partial charge in [-0.05, 0) is 19.1 Å². The molecule has 2 aromatic heterocycles. The molecule has 0 aromatic carbocycles. The van der Waals surface area contributed by atoms with Crippen molar-refractivity contribution in [1.29, 1.82) is 0 Å². The van der Waals surface area contributed by atoms with E-state index in [1.165, 1.54) is 4.88 Å². The highest BCUT2D eigenvalue weighted by Crippen LogP contribution is 2.22. The maximum Gasteiger partial charge on any atom is 0.203 e. The minimum atomic E-state index is 0.676. The molecule has 0 bridgehead atoms. The molecular formula is C12H16ClN3OS. The van der Waals surface area contributed by atoms with Gasteiger partial charge in [0, 0.05) is 24.7 Å². The number of imidazole rings is 1. The molecule has 0 saturated carbocycles. The van der Waals surface area contributed by atoms with Crippen LogP contribution in [0.2, 0.25) is 4.34 Å². The van der Waals surface area contributed by atoms with Crippen LogP contribution in [0, 0.1) is 6.92 Å². The molecule has 0 amide bonds. The van der Waals surface area contributed by atoms with E-state index in [0.29, 0.717) is 6.61 Å². The fourth-order valence-corrected chi connectivity index (χ4v) is 2.69. The molecule has 0 spiro atoms. The zero-order valence-electron chi connectivity index (χ0n) is 10.4. The summed E-state index contributed by atoms with van der Waals surface area (Å²) in [6.45, 7) is 4.19. The van der Waals surface area contributed by atoms with E-state index in [2.05, 4.69) is 14.9 Å². The summed E-state index contributed by atoms with van der Waals surface area (Å²) in [7, 11) is 1.70. The van der Waals surface area contributed by atoms with E-state index < -0.39 is 0 Å². The van der Waals surface area contributed by atoms with Gasteiger partial charge in [-0.15, -0.1) is 11.3 Å². The molecular weight excluding hydrogens is 270 g/mol. The summed E-state index contributed by atoms with van der Waals surface area (Å²) in [5.74, 6) is 0.870. The minimum Gasteiger partial charge on any atom is -0.383 e. The Bertz CT molecular complexity index is 509. The van der Waals surface area contributed by atoms with Gasteiger partial charge in [0.2, 0.25) is 5.95 Å². The molecule has 98 valence electrons. The van der Waals surface area contributed by atoms with Crippen molar-refractivity contribution >= 4 is 28.9 Å². The molecule has 1 N–H and O–H groups in total. The van der Waals surface area contributed by atoms with Crippen molar-refractivity contribution in [2.75, 3.05) is 19.0 Å². The van der Waals surface area contributed by atoms with Crippen molar-refractivity contribution < 1.29 is 4.74 Å². The van der Waals surface area contributed by atoms with Gasteiger partial charge in [-0.1, -0.05) is 11.6 Å². The van der Waals surface area contributed by atoms with Crippen molar-refractivity contribution in [3.63, 3.8) is 0 Å². The number of ether oxygens (including phenoxy) is 1. The van der Waals surface area contributed by atoms with Crippen LogP contribution in [0.4, 0.5) is 5.95 Å². The molecule has 4 nitrogen and oxygen atoms in total. The highest BCUT2D eigenvalue weighted by molar-refractivity contribution is 7.16. The van der Waals surface area contributed by atoms with Crippen LogP contribution in [-0.4, -0.2) is 23.3 Å². The number of aryl methyl sites for hydroxylation is 1. The van der Waals surface area contributed by atoms with Crippen LogP contribution in [0.25, 0.3) is 0 Å². The van der Waals surface area contributed by atoms with E-state index in [9.17, 15) is 0 Å². The highest BCUT2D eigenvalue weighted by Gasteiger charge is 2.05. The lowest BCUT2D eigenvalue weighted by atomic mass is 10.5. The van der Waals surface area contributed by atoms with Gasteiger partial charge in [-0.2, -0.15) is 0 Å². The largest absolute Gasteiger partial charge is 0.383 e. The first-order valence-electron chi connectivity index (χ1n) is 5.70. The van der Waals surface area contributed by atoms with Crippen LogP contribution < -0.4 is 5.32 Å². The number of nitrogens with zero attached hydrogens (tertiary/aromatic N) is 2. The number of rotatable bonds is 6. The summed E-state index contributed by atoms with van der Waals surface area (Å²) < 4.78 is 7.96. The Labute approximate surface area is 116 Å². The van der Waals surface area contributed by atoms with E-state index in [1.807, 2.05) is 25.3 Å². The number of thiophene rings is 1. The topological polar surface area (TPSA) is 39.1 Å². The van der Waals surface area contributed by atoms with Gasteiger partial charge in [0.05, 0.1) is 23.2 Å². The molecule has 2 rings (SSSR count). The molecule has 2 aromatic rings. The highest BCUT2D eigenvalue weighted by atomic mass is 35.5. The second kappa shape index (κ2) is 6.22. The smallest absolute Gasteiger partial charge is 0.203 e. The van der Waals surface area contributed by atoms with E-state index >= 15 is 0 Å². The lowest BCUT2D eigenvalue weighted by molar-refractivity contribution is 0.187. The predicted molar refractivity (Wildman–Crippen MR) is 75.5 cm³/mol. The fraction of sp³-hybridized carbons (Fsp3) is 0.417. The van der Waals surface area contributed by atoms with Gasteiger partial charge in [0.1, 0.15) is 0 Å². The molecule has 0 unspecified atom stereocenters. The summed E-state index contributed by atoms with van der Waals surface area (Å²) in [5.41, 5.74) is 0.998. The molecule has 0 aliphatic carbocycles. The summed E-state index contributed by atoms with van der Waals surface area (Å²) >= 11 is 7.48. The normalized spacial score (nSPS) is 10.8. The number of halogens is 1. The molecule has 6 heteroatoms.